The van der Waals surface area contributed by atoms with E-state index in [4.69, 9.17) is 11.6 Å². The Balaban J connectivity index is 0.00000338. The van der Waals surface area contributed by atoms with Crippen LogP contribution in [0, 0.1) is 0 Å². The molecule has 6 heteroatoms. The van der Waals surface area contributed by atoms with E-state index in [1.165, 1.54) is 11.1 Å². The molecule has 0 heterocycles. The van der Waals surface area contributed by atoms with Crippen molar-refractivity contribution in [3.05, 3.63) is 70.2 Å². The van der Waals surface area contributed by atoms with Crippen molar-refractivity contribution in [3.63, 3.8) is 0 Å². The predicted molar refractivity (Wildman–Crippen MR) is 122 cm³/mol. The SMILES string of the molecule is CCNC(=NCc1ccccc1Cl)NCc1ccccc1CN(C)C.I. The summed E-state index contributed by atoms with van der Waals surface area (Å²) in [4.78, 5) is 6.83. The zero-order valence-corrected chi connectivity index (χ0v) is 18.7. The molecule has 0 radical (unpaired) electrons. The van der Waals surface area contributed by atoms with Crippen LogP contribution >= 0.6 is 35.6 Å². The van der Waals surface area contributed by atoms with Crippen molar-refractivity contribution in [2.75, 3.05) is 20.6 Å². The van der Waals surface area contributed by atoms with Crippen LogP contribution in [0.2, 0.25) is 5.02 Å². The number of benzene rings is 2. The first-order valence-corrected chi connectivity index (χ1v) is 8.95. The summed E-state index contributed by atoms with van der Waals surface area (Å²) in [6.07, 6.45) is 0. The summed E-state index contributed by atoms with van der Waals surface area (Å²) in [7, 11) is 4.17. The van der Waals surface area contributed by atoms with E-state index in [1.54, 1.807) is 0 Å². The molecule has 0 saturated heterocycles. The Labute approximate surface area is 179 Å². The third-order valence-corrected chi connectivity index (χ3v) is 4.13. The average molecular weight is 487 g/mol. The summed E-state index contributed by atoms with van der Waals surface area (Å²) in [6, 6.07) is 16.3. The van der Waals surface area contributed by atoms with Crippen molar-refractivity contribution < 1.29 is 0 Å². The van der Waals surface area contributed by atoms with Gasteiger partial charge in [-0.05, 0) is 43.8 Å². The molecule has 0 aromatic heterocycles. The average Bonchev–Trinajstić information content (AvgIpc) is 2.59. The minimum Gasteiger partial charge on any atom is -0.357 e. The summed E-state index contributed by atoms with van der Waals surface area (Å²) in [5.41, 5.74) is 3.62. The number of hydrogen-bond acceptors (Lipinski definition) is 2. The van der Waals surface area contributed by atoms with E-state index in [2.05, 4.69) is 65.8 Å². The molecule has 0 bridgehead atoms. The van der Waals surface area contributed by atoms with Crippen LogP contribution in [0.4, 0.5) is 0 Å². The van der Waals surface area contributed by atoms with Crippen LogP contribution in [0.25, 0.3) is 0 Å². The van der Waals surface area contributed by atoms with Gasteiger partial charge in [0.15, 0.2) is 5.96 Å². The molecule has 0 atom stereocenters. The fraction of sp³-hybridized carbons (Fsp3) is 0.350. The first-order valence-electron chi connectivity index (χ1n) is 8.57. The second-order valence-corrected chi connectivity index (χ2v) is 6.55. The Morgan fingerprint density at radius 3 is 2.19 bits per heavy atom. The molecule has 0 fully saturated rings. The summed E-state index contributed by atoms with van der Waals surface area (Å²) in [5.74, 6) is 0.794. The number of rotatable bonds is 7. The van der Waals surface area contributed by atoms with Crippen molar-refractivity contribution in [1.82, 2.24) is 15.5 Å². The molecular weight excluding hydrogens is 459 g/mol. The summed E-state index contributed by atoms with van der Waals surface area (Å²) in [6.45, 7) is 5.08. The molecule has 26 heavy (non-hydrogen) atoms. The highest BCUT2D eigenvalue weighted by Crippen LogP contribution is 2.15. The number of guanidine groups is 1. The molecule has 2 N–H and O–H groups in total. The number of nitrogens with zero attached hydrogens (tertiary/aromatic N) is 2. The molecule has 0 aliphatic carbocycles. The Morgan fingerprint density at radius 2 is 1.58 bits per heavy atom. The van der Waals surface area contributed by atoms with Gasteiger partial charge >= 0.3 is 0 Å². The Bertz CT molecular complexity index is 704. The molecule has 142 valence electrons. The van der Waals surface area contributed by atoms with Gasteiger partial charge in [-0.15, -0.1) is 24.0 Å². The Morgan fingerprint density at radius 1 is 0.962 bits per heavy atom. The van der Waals surface area contributed by atoms with E-state index in [1.807, 2.05) is 24.3 Å². The molecule has 0 saturated carbocycles. The zero-order chi connectivity index (χ0) is 18.1. The van der Waals surface area contributed by atoms with Crippen LogP contribution in [0.1, 0.15) is 23.6 Å². The van der Waals surface area contributed by atoms with E-state index in [9.17, 15) is 0 Å². The van der Waals surface area contributed by atoms with Gasteiger partial charge in [0.2, 0.25) is 0 Å². The molecule has 0 amide bonds. The van der Waals surface area contributed by atoms with E-state index in [0.29, 0.717) is 6.54 Å². The smallest absolute Gasteiger partial charge is 0.191 e. The van der Waals surface area contributed by atoms with Gasteiger partial charge in [-0.25, -0.2) is 4.99 Å². The number of halogens is 2. The van der Waals surface area contributed by atoms with Gasteiger partial charge in [-0.1, -0.05) is 54.1 Å². The highest BCUT2D eigenvalue weighted by atomic mass is 127. The molecule has 0 aliphatic rings. The quantitative estimate of drug-likeness (QED) is 0.349. The Kier molecular flexibility index (Phi) is 10.6. The van der Waals surface area contributed by atoms with Gasteiger partial charge < -0.3 is 15.5 Å². The van der Waals surface area contributed by atoms with Crippen molar-refractivity contribution in [2.45, 2.75) is 26.6 Å². The maximum absolute atomic E-state index is 6.21. The van der Waals surface area contributed by atoms with Gasteiger partial charge in [0.1, 0.15) is 0 Å². The fourth-order valence-corrected chi connectivity index (χ4v) is 2.73. The van der Waals surface area contributed by atoms with Gasteiger partial charge in [0.05, 0.1) is 6.54 Å². The van der Waals surface area contributed by atoms with Gasteiger partial charge in [0.25, 0.3) is 0 Å². The summed E-state index contributed by atoms with van der Waals surface area (Å²) < 4.78 is 0. The minimum atomic E-state index is 0. The van der Waals surface area contributed by atoms with E-state index < -0.39 is 0 Å². The number of aliphatic imine (C=N–C) groups is 1. The first-order chi connectivity index (χ1) is 12.1. The van der Waals surface area contributed by atoms with Crippen LogP contribution in [0.15, 0.2) is 53.5 Å². The minimum absolute atomic E-state index is 0. The lowest BCUT2D eigenvalue weighted by Gasteiger charge is -2.16. The first kappa shape index (κ1) is 22.7. The number of nitrogens with one attached hydrogen (secondary N) is 2. The standard InChI is InChI=1S/C20H27ClN4.HI/c1-4-22-20(24-14-17-10-7-8-12-19(17)21)23-13-16-9-5-6-11-18(16)15-25(2)3;/h5-12H,4,13-15H2,1-3H3,(H2,22,23,24);1H. The summed E-state index contributed by atoms with van der Waals surface area (Å²) in [5, 5.41) is 7.45. The normalized spacial score (nSPS) is 11.2. The monoisotopic (exact) mass is 486 g/mol. The maximum Gasteiger partial charge on any atom is 0.191 e. The van der Waals surface area contributed by atoms with Crippen LogP contribution in [0.5, 0.6) is 0 Å². The van der Waals surface area contributed by atoms with Crippen LogP contribution in [-0.2, 0) is 19.6 Å². The van der Waals surface area contributed by atoms with Crippen molar-refractivity contribution in [1.29, 1.82) is 0 Å². The lowest BCUT2D eigenvalue weighted by atomic mass is 10.1. The zero-order valence-electron chi connectivity index (χ0n) is 15.6. The van der Waals surface area contributed by atoms with E-state index in [0.717, 1.165) is 36.2 Å². The molecule has 0 aliphatic heterocycles. The highest BCUT2D eigenvalue weighted by molar-refractivity contribution is 14.0. The molecule has 0 spiro atoms. The van der Waals surface area contributed by atoms with E-state index in [-0.39, 0.29) is 24.0 Å². The molecule has 0 unspecified atom stereocenters. The lowest BCUT2D eigenvalue weighted by Crippen LogP contribution is -2.37. The third kappa shape index (κ3) is 7.51. The van der Waals surface area contributed by atoms with Crippen molar-refractivity contribution in [2.24, 2.45) is 4.99 Å². The molecule has 4 nitrogen and oxygen atoms in total. The molecular formula is C20H28ClIN4. The number of hydrogen-bond donors (Lipinski definition) is 2. The predicted octanol–water partition coefficient (Wildman–Crippen LogP) is 4.27. The van der Waals surface area contributed by atoms with Crippen molar-refractivity contribution in [3.8, 4) is 0 Å². The van der Waals surface area contributed by atoms with Gasteiger partial charge in [-0.3, -0.25) is 0 Å². The lowest BCUT2D eigenvalue weighted by molar-refractivity contribution is 0.400. The Hall–Kier alpha value is -1.31. The van der Waals surface area contributed by atoms with Crippen LogP contribution < -0.4 is 10.6 Å². The summed E-state index contributed by atoms with van der Waals surface area (Å²) >= 11 is 6.21. The maximum atomic E-state index is 6.21. The van der Waals surface area contributed by atoms with Crippen LogP contribution in [-0.4, -0.2) is 31.5 Å². The highest BCUT2D eigenvalue weighted by Gasteiger charge is 2.05. The molecule has 2 aromatic rings. The second-order valence-electron chi connectivity index (χ2n) is 6.15. The van der Waals surface area contributed by atoms with Gasteiger partial charge in [-0.2, -0.15) is 0 Å². The second kappa shape index (κ2) is 12.1. The van der Waals surface area contributed by atoms with Gasteiger partial charge in [0, 0.05) is 24.7 Å². The third-order valence-electron chi connectivity index (χ3n) is 3.76. The molecule has 2 aromatic carbocycles. The van der Waals surface area contributed by atoms with Crippen LogP contribution in [0.3, 0.4) is 0 Å². The van der Waals surface area contributed by atoms with E-state index >= 15 is 0 Å². The largest absolute Gasteiger partial charge is 0.357 e. The molecule has 2 rings (SSSR count). The van der Waals surface area contributed by atoms with Crippen molar-refractivity contribution >= 4 is 41.5 Å². The topological polar surface area (TPSA) is 39.7 Å². The fourth-order valence-electron chi connectivity index (χ4n) is 2.54.